The second-order valence-electron chi connectivity index (χ2n) is 10.1. The summed E-state index contributed by atoms with van der Waals surface area (Å²) in [5.41, 5.74) is 4.75. The van der Waals surface area contributed by atoms with Gasteiger partial charge in [-0.05, 0) is 84.1 Å². The van der Waals surface area contributed by atoms with Gasteiger partial charge in [0.1, 0.15) is 5.78 Å². The van der Waals surface area contributed by atoms with Crippen molar-refractivity contribution in [2.75, 3.05) is 23.7 Å². The minimum Gasteiger partial charge on any atom is -0.372 e. The van der Waals surface area contributed by atoms with Crippen LogP contribution >= 0.6 is 0 Å². The second-order valence-corrected chi connectivity index (χ2v) is 13.0. The number of sulfone groups is 1. The number of morpholine rings is 1. The van der Waals surface area contributed by atoms with Gasteiger partial charge in [-0.1, -0.05) is 12.5 Å². The van der Waals surface area contributed by atoms with Gasteiger partial charge in [0, 0.05) is 31.6 Å². The van der Waals surface area contributed by atoms with E-state index in [9.17, 15) is 13.2 Å². The van der Waals surface area contributed by atoms with Gasteiger partial charge in [-0.15, -0.1) is 0 Å². The van der Waals surface area contributed by atoms with E-state index in [-0.39, 0.29) is 23.7 Å². The number of unbranched alkanes of at least 4 members (excludes halogenated alkanes) is 2. The fourth-order valence-electron chi connectivity index (χ4n) is 4.17. The Balaban J connectivity index is 1.87. The SMILES string of the molecule is Cc1c(CC(=O)CCCCCS(=O)(=O)C(C)(C)C)ccc(N2C[C@@H](C)O[C@@H](C)C2)c1C. The number of rotatable bonds is 9. The van der Waals surface area contributed by atoms with Gasteiger partial charge in [0.05, 0.1) is 22.7 Å². The van der Waals surface area contributed by atoms with Crippen LogP contribution in [0.5, 0.6) is 0 Å². The van der Waals surface area contributed by atoms with Crippen molar-refractivity contribution in [2.24, 2.45) is 0 Å². The maximum Gasteiger partial charge on any atom is 0.155 e. The molecular weight excluding hydrogens is 410 g/mol. The van der Waals surface area contributed by atoms with Crippen molar-refractivity contribution >= 4 is 21.3 Å². The predicted molar refractivity (Wildman–Crippen MR) is 129 cm³/mol. The third kappa shape index (κ3) is 7.04. The Labute approximate surface area is 189 Å². The van der Waals surface area contributed by atoms with Crippen molar-refractivity contribution in [3.8, 4) is 0 Å². The Morgan fingerprint density at radius 3 is 2.23 bits per heavy atom. The molecule has 0 bridgehead atoms. The van der Waals surface area contributed by atoms with E-state index in [1.165, 1.54) is 16.8 Å². The third-order valence-corrected chi connectivity index (χ3v) is 9.01. The smallest absolute Gasteiger partial charge is 0.155 e. The molecule has 0 aromatic heterocycles. The molecule has 1 fully saturated rings. The van der Waals surface area contributed by atoms with Gasteiger partial charge in [-0.25, -0.2) is 8.42 Å². The summed E-state index contributed by atoms with van der Waals surface area (Å²) in [6.45, 7) is 15.4. The molecule has 1 saturated heterocycles. The average Bonchev–Trinajstić information content (AvgIpc) is 2.63. The zero-order valence-electron chi connectivity index (χ0n) is 20.5. The first-order chi connectivity index (χ1) is 14.3. The van der Waals surface area contributed by atoms with Gasteiger partial charge in [0.15, 0.2) is 9.84 Å². The second kappa shape index (κ2) is 10.5. The van der Waals surface area contributed by atoms with Crippen LogP contribution in [0.25, 0.3) is 0 Å². The van der Waals surface area contributed by atoms with Crippen molar-refractivity contribution < 1.29 is 17.9 Å². The first-order valence-corrected chi connectivity index (χ1v) is 13.2. The molecule has 0 N–H and O–H groups in total. The average molecular weight is 452 g/mol. The molecule has 1 aliphatic heterocycles. The summed E-state index contributed by atoms with van der Waals surface area (Å²) in [6, 6.07) is 4.24. The summed E-state index contributed by atoms with van der Waals surface area (Å²) < 4.78 is 29.5. The summed E-state index contributed by atoms with van der Waals surface area (Å²) in [6.07, 6.45) is 3.52. The predicted octanol–water partition coefficient (Wildman–Crippen LogP) is 4.80. The number of Topliss-reactive ketones (excluding diaryl/α,β-unsaturated/α-hetero) is 1. The van der Waals surface area contributed by atoms with Crippen LogP contribution in [0.15, 0.2) is 12.1 Å². The van der Waals surface area contributed by atoms with E-state index in [2.05, 4.69) is 44.7 Å². The maximum atomic E-state index is 12.5. The lowest BCUT2D eigenvalue weighted by molar-refractivity contribution is -0.118. The molecule has 2 atom stereocenters. The monoisotopic (exact) mass is 451 g/mol. The van der Waals surface area contributed by atoms with E-state index >= 15 is 0 Å². The van der Waals surface area contributed by atoms with Crippen molar-refractivity contribution in [1.29, 1.82) is 0 Å². The largest absolute Gasteiger partial charge is 0.372 e. The topological polar surface area (TPSA) is 63.7 Å². The summed E-state index contributed by atoms with van der Waals surface area (Å²) in [5.74, 6) is 0.422. The van der Waals surface area contributed by atoms with E-state index in [0.29, 0.717) is 19.3 Å². The lowest BCUT2D eigenvalue weighted by Crippen LogP contribution is -2.45. The van der Waals surface area contributed by atoms with Crippen LogP contribution < -0.4 is 4.90 Å². The molecule has 176 valence electrons. The Morgan fingerprint density at radius 1 is 1.03 bits per heavy atom. The summed E-state index contributed by atoms with van der Waals surface area (Å²) in [4.78, 5) is 14.9. The number of hydrogen-bond donors (Lipinski definition) is 0. The van der Waals surface area contributed by atoms with Crippen LogP contribution in [0.2, 0.25) is 0 Å². The molecule has 0 aliphatic carbocycles. The van der Waals surface area contributed by atoms with Gasteiger partial charge in [-0.3, -0.25) is 4.79 Å². The number of hydrogen-bond acceptors (Lipinski definition) is 5. The Bertz CT molecular complexity index is 860. The van der Waals surface area contributed by atoms with E-state index in [0.717, 1.165) is 31.5 Å². The Hall–Kier alpha value is -1.40. The molecule has 2 rings (SSSR count). The molecule has 1 aromatic rings. The van der Waals surface area contributed by atoms with Gasteiger partial charge in [0.25, 0.3) is 0 Å². The van der Waals surface area contributed by atoms with Crippen LogP contribution in [0.4, 0.5) is 5.69 Å². The molecule has 0 saturated carbocycles. The molecule has 1 heterocycles. The zero-order valence-corrected chi connectivity index (χ0v) is 21.3. The Kier molecular flexibility index (Phi) is 8.74. The van der Waals surface area contributed by atoms with Gasteiger partial charge < -0.3 is 9.64 Å². The fourth-order valence-corrected chi connectivity index (χ4v) is 5.37. The molecule has 1 aromatic carbocycles. The highest BCUT2D eigenvalue weighted by Gasteiger charge is 2.28. The zero-order chi connectivity index (χ0) is 23.4. The summed E-state index contributed by atoms with van der Waals surface area (Å²) >= 11 is 0. The molecule has 6 heteroatoms. The highest BCUT2D eigenvalue weighted by atomic mass is 32.2. The summed E-state index contributed by atoms with van der Waals surface area (Å²) in [5, 5.41) is 0. The van der Waals surface area contributed by atoms with Crippen LogP contribution in [-0.4, -0.2) is 50.0 Å². The van der Waals surface area contributed by atoms with E-state index in [4.69, 9.17) is 4.74 Å². The van der Waals surface area contributed by atoms with Crippen LogP contribution in [-0.2, 0) is 25.8 Å². The molecular formula is C25H41NO4S. The van der Waals surface area contributed by atoms with Gasteiger partial charge in [0.2, 0.25) is 0 Å². The van der Waals surface area contributed by atoms with Crippen LogP contribution in [0.1, 0.15) is 77.0 Å². The first-order valence-electron chi connectivity index (χ1n) is 11.6. The van der Waals surface area contributed by atoms with E-state index in [1.54, 1.807) is 20.8 Å². The molecule has 31 heavy (non-hydrogen) atoms. The lowest BCUT2D eigenvalue weighted by Gasteiger charge is -2.38. The fraction of sp³-hybridized carbons (Fsp3) is 0.720. The number of carbonyl (C=O) groups is 1. The molecule has 0 amide bonds. The number of nitrogens with zero attached hydrogens (tertiary/aromatic N) is 1. The quantitative estimate of drug-likeness (QED) is 0.505. The number of carbonyl (C=O) groups excluding carboxylic acids is 1. The molecule has 5 nitrogen and oxygen atoms in total. The first kappa shape index (κ1) is 25.9. The number of benzene rings is 1. The molecule has 0 radical (unpaired) electrons. The van der Waals surface area contributed by atoms with Gasteiger partial charge >= 0.3 is 0 Å². The number of ether oxygens (including phenoxy) is 1. The van der Waals surface area contributed by atoms with Crippen molar-refractivity contribution in [3.05, 3.63) is 28.8 Å². The third-order valence-electron chi connectivity index (χ3n) is 6.32. The van der Waals surface area contributed by atoms with Gasteiger partial charge in [-0.2, -0.15) is 0 Å². The highest BCUT2D eigenvalue weighted by molar-refractivity contribution is 7.92. The van der Waals surface area contributed by atoms with Crippen LogP contribution in [0.3, 0.4) is 0 Å². The normalized spacial score (nSPS) is 20.2. The number of anilines is 1. The van der Waals surface area contributed by atoms with E-state index < -0.39 is 14.6 Å². The Morgan fingerprint density at radius 2 is 1.65 bits per heavy atom. The molecule has 0 spiro atoms. The van der Waals surface area contributed by atoms with E-state index in [1.807, 2.05) is 0 Å². The number of ketones is 1. The van der Waals surface area contributed by atoms with Crippen molar-refractivity contribution in [2.45, 2.75) is 97.5 Å². The van der Waals surface area contributed by atoms with Crippen LogP contribution in [0, 0.1) is 13.8 Å². The minimum absolute atomic E-state index is 0.198. The van der Waals surface area contributed by atoms with Crippen molar-refractivity contribution in [1.82, 2.24) is 0 Å². The standard InChI is InChI=1S/C25H41NO4S/c1-18-16-26(17-19(2)30-18)24-13-12-22(20(3)21(24)4)15-23(27)11-9-8-10-14-31(28,29)25(5,6)7/h12-13,18-19H,8-11,14-17H2,1-7H3/t18-,19+. The lowest BCUT2D eigenvalue weighted by atomic mass is 9.95. The summed E-state index contributed by atoms with van der Waals surface area (Å²) in [7, 11) is -3.07. The molecule has 1 aliphatic rings. The molecule has 0 unspecified atom stereocenters. The highest BCUT2D eigenvalue weighted by Crippen LogP contribution is 2.29. The van der Waals surface area contributed by atoms with Crippen molar-refractivity contribution in [3.63, 3.8) is 0 Å². The maximum absolute atomic E-state index is 12.5. The minimum atomic E-state index is -3.07.